The summed E-state index contributed by atoms with van der Waals surface area (Å²) in [6, 6.07) is 14.5. The van der Waals surface area contributed by atoms with Crippen LogP contribution in [0.4, 0.5) is 5.00 Å². The van der Waals surface area contributed by atoms with Crippen molar-refractivity contribution < 1.29 is 23.9 Å². The maximum Gasteiger partial charge on any atom is 0.355 e. The van der Waals surface area contributed by atoms with E-state index in [-0.39, 0.29) is 12.2 Å². The molecule has 0 radical (unpaired) electrons. The van der Waals surface area contributed by atoms with E-state index < -0.39 is 24.5 Å². The van der Waals surface area contributed by atoms with E-state index >= 15 is 0 Å². The van der Waals surface area contributed by atoms with Crippen LogP contribution in [0.15, 0.2) is 54.7 Å². The van der Waals surface area contributed by atoms with Crippen LogP contribution < -0.4 is 5.32 Å². The van der Waals surface area contributed by atoms with E-state index in [1.807, 2.05) is 30.3 Å². The number of carbonyl (C=O) groups is 3. The Morgan fingerprint density at radius 2 is 1.79 bits per heavy atom. The predicted octanol–water partition coefficient (Wildman–Crippen LogP) is 3.73. The molecule has 150 valence electrons. The van der Waals surface area contributed by atoms with Gasteiger partial charge in [0, 0.05) is 18.1 Å². The average Bonchev–Trinajstić information content (AvgIpc) is 3.33. The van der Waals surface area contributed by atoms with E-state index in [1.165, 1.54) is 11.3 Å². The van der Waals surface area contributed by atoms with Crippen LogP contribution in [-0.2, 0) is 21.3 Å². The molecule has 1 N–H and O–H groups in total. The van der Waals surface area contributed by atoms with Crippen molar-refractivity contribution in [3.63, 3.8) is 0 Å². The third kappa shape index (κ3) is 4.91. The Kier molecular flexibility index (Phi) is 6.46. The van der Waals surface area contributed by atoms with Crippen LogP contribution in [0, 0.1) is 0 Å². The highest BCUT2D eigenvalue weighted by Gasteiger charge is 2.20. The van der Waals surface area contributed by atoms with Gasteiger partial charge in [0.1, 0.15) is 10.7 Å². The van der Waals surface area contributed by atoms with Crippen LogP contribution in [-0.4, -0.2) is 35.6 Å². The number of hydrogen-bond donors (Lipinski definition) is 1. The smallest absolute Gasteiger partial charge is 0.355 e. The molecule has 1 amide bonds. The zero-order valence-corrected chi connectivity index (χ0v) is 16.8. The molecule has 0 aliphatic carbocycles. The van der Waals surface area contributed by atoms with E-state index in [4.69, 9.17) is 9.47 Å². The number of nitrogens with zero attached hydrogens (tertiary/aromatic N) is 1. The standard InChI is InChI=1S/C21H20N2O5S/c1-3-27-20(25)15-12-17(14-8-5-4-6-9-14)29-19(15)22-18(24)13-28-21(26)16-10-7-11-23(16)2/h4-12H,3,13H2,1-2H3,(H,22,24). The number of anilines is 1. The first-order valence-corrected chi connectivity index (χ1v) is 9.76. The van der Waals surface area contributed by atoms with Gasteiger partial charge in [-0.25, -0.2) is 9.59 Å². The normalized spacial score (nSPS) is 10.4. The van der Waals surface area contributed by atoms with Crippen molar-refractivity contribution in [2.24, 2.45) is 7.05 Å². The molecule has 29 heavy (non-hydrogen) atoms. The molecule has 0 saturated carbocycles. The lowest BCUT2D eigenvalue weighted by atomic mass is 10.1. The van der Waals surface area contributed by atoms with E-state index in [2.05, 4.69) is 5.32 Å². The van der Waals surface area contributed by atoms with Gasteiger partial charge in [0.05, 0.1) is 12.2 Å². The number of hydrogen-bond acceptors (Lipinski definition) is 6. The molecule has 1 aromatic carbocycles. The summed E-state index contributed by atoms with van der Waals surface area (Å²) < 4.78 is 11.7. The minimum absolute atomic E-state index is 0.219. The summed E-state index contributed by atoms with van der Waals surface area (Å²) in [4.78, 5) is 37.5. The zero-order chi connectivity index (χ0) is 20.8. The summed E-state index contributed by atoms with van der Waals surface area (Å²) in [6.07, 6.45) is 1.71. The Hall–Kier alpha value is -3.39. The molecule has 3 rings (SSSR count). The second-order valence-corrected chi connectivity index (χ2v) is 7.12. The molecule has 2 aromatic heterocycles. The lowest BCUT2D eigenvalue weighted by Crippen LogP contribution is -2.22. The van der Waals surface area contributed by atoms with Crippen molar-refractivity contribution in [2.45, 2.75) is 6.92 Å². The van der Waals surface area contributed by atoms with Crippen molar-refractivity contribution in [1.82, 2.24) is 4.57 Å². The largest absolute Gasteiger partial charge is 0.462 e. The molecule has 0 spiro atoms. The Bertz CT molecular complexity index is 1020. The summed E-state index contributed by atoms with van der Waals surface area (Å²) in [5.74, 6) is -1.67. The molecule has 0 saturated heterocycles. The Balaban J connectivity index is 1.73. The number of ether oxygens (including phenoxy) is 2. The number of aromatic nitrogens is 1. The average molecular weight is 412 g/mol. The van der Waals surface area contributed by atoms with Gasteiger partial charge in [-0.3, -0.25) is 4.79 Å². The van der Waals surface area contributed by atoms with E-state index in [9.17, 15) is 14.4 Å². The van der Waals surface area contributed by atoms with Gasteiger partial charge in [0.25, 0.3) is 5.91 Å². The topological polar surface area (TPSA) is 86.6 Å². The maximum absolute atomic E-state index is 12.3. The summed E-state index contributed by atoms with van der Waals surface area (Å²) >= 11 is 1.25. The lowest BCUT2D eigenvalue weighted by molar-refractivity contribution is -0.119. The molecule has 7 nitrogen and oxygen atoms in total. The second-order valence-electron chi connectivity index (χ2n) is 6.07. The van der Waals surface area contributed by atoms with Crippen LogP contribution in [0.1, 0.15) is 27.8 Å². The summed E-state index contributed by atoms with van der Waals surface area (Å²) in [7, 11) is 1.71. The van der Waals surface area contributed by atoms with Gasteiger partial charge >= 0.3 is 11.9 Å². The molecule has 0 fully saturated rings. The van der Waals surface area contributed by atoms with E-state index in [0.29, 0.717) is 10.7 Å². The first kappa shape index (κ1) is 20.3. The number of nitrogens with one attached hydrogen (secondary N) is 1. The van der Waals surface area contributed by atoms with Crippen molar-refractivity contribution in [3.05, 3.63) is 66.0 Å². The van der Waals surface area contributed by atoms with Crippen LogP contribution >= 0.6 is 11.3 Å². The first-order valence-electron chi connectivity index (χ1n) is 8.94. The molecular weight excluding hydrogens is 392 g/mol. The summed E-state index contributed by atoms with van der Waals surface area (Å²) in [5.41, 5.74) is 1.52. The van der Waals surface area contributed by atoms with Crippen molar-refractivity contribution in [2.75, 3.05) is 18.5 Å². The third-order valence-corrected chi connectivity index (χ3v) is 5.13. The zero-order valence-electron chi connectivity index (χ0n) is 16.0. The van der Waals surface area contributed by atoms with Crippen LogP contribution in [0.5, 0.6) is 0 Å². The number of aryl methyl sites for hydroxylation is 1. The minimum Gasteiger partial charge on any atom is -0.462 e. The van der Waals surface area contributed by atoms with Crippen LogP contribution in [0.3, 0.4) is 0 Å². The highest BCUT2D eigenvalue weighted by molar-refractivity contribution is 7.20. The minimum atomic E-state index is -0.602. The predicted molar refractivity (Wildman–Crippen MR) is 110 cm³/mol. The van der Waals surface area contributed by atoms with Gasteiger partial charge < -0.3 is 19.4 Å². The highest BCUT2D eigenvalue weighted by Crippen LogP contribution is 2.35. The van der Waals surface area contributed by atoms with Gasteiger partial charge in [-0.1, -0.05) is 30.3 Å². The number of esters is 2. The molecule has 0 unspecified atom stereocenters. The SMILES string of the molecule is CCOC(=O)c1cc(-c2ccccc2)sc1NC(=O)COC(=O)c1cccn1C. The van der Waals surface area contributed by atoms with Crippen molar-refractivity contribution in [1.29, 1.82) is 0 Å². The van der Waals surface area contributed by atoms with Gasteiger partial charge in [-0.15, -0.1) is 11.3 Å². The monoisotopic (exact) mass is 412 g/mol. The number of amides is 1. The molecule has 0 aliphatic rings. The van der Waals surface area contributed by atoms with E-state index in [0.717, 1.165) is 10.4 Å². The maximum atomic E-state index is 12.3. The Morgan fingerprint density at radius 1 is 1.03 bits per heavy atom. The molecule has 2 heterocycles. The Labute approximate surface area is 171 Å². The fourth-order valence-corrected chi connectivity index (χ4v) is 3.70. The van der Waals surface area contributed by atoms with Gasteiger partial charge in [0.15, 0.2) is 6.61 Å². The van der Waals surface area contributed by atoms with Gasteiger partial charge in [-0.05, 0) is 30.7 Å². The van der Waals surface area contributed by atoms with Gasteiger partial charge in [-0.2, -0.15) is 0 Å². The number of benzene rings is 1. The van der Waals surface area contributed by atoms with Crippen LogP contribution in [0.2, 0.25) is 0 Å². The fraction of sp³-hybridized carbons (Fsp3) is 0.190. The van der Waals surface area contributed by atoms with E-state index in [1.54, 1.807) is 42.9 Å². The van der Waals surface area contributed by atoms with Crippen molar-refractivity contribution >= 4 is 34.2 Å². The molecule has 8 heteroatoms. The summed E-state index contributed by atoms with van der Waals surface area (Å²) in [5, 5.41) is 3.00. The Morgan fingerprint density at radius 3 is 2.45 bits per heavy atom. The summed E-state index contributed by atoms with van der Waals surface area (Å²) in [6.45, 7) is 1.46. The number of thiophene rings is 1. The second kappa shape index (κ2) is 9.20. The molecule has 0 aliphatic heterocycles. The molecule has 3 aromatic rings. The number of carbonyl (C=O) groups excluding carboxylic acids is 3. The molecular formula is C21H20N2O5S. The quantitative estimate of drug-likeness (QED) is 0.598. The van der Waals surface area contributed by atoms with Crippen molar-refractivity contribution in [3.8, 4) is 10.4 Å². The van der Waals surface area contributed by atoms with Crippen LogP contribution in [0.25, 0.3) is 10.4 Å². The lowest BCUT2D eigenvalue weighted by Gasteiger charge is -2.07. The highest BCUT2D eigenvalue weighted by atomic mass is 32.1. The molecule has 0 bridgehead atoms. The third-order valence-electron chi connectivity index (χ3n) is 4.03. The fourth-order valence-electron chi connectivity index (χ4n) is 2.63. The first-order chi connectivity index (χ1) is 14.0. The number of rotatable bonds is 7. The van der Waals surface area contributed by atoms with Gasteiger partial charge in [0.2, 0.25) is 0 Å². The molecule has 0 atom stereocenters.